The van der Waals surface area contributed by atoms with Crippen molar-refractivity contribution in [3.63, 3.8) is 0 Å². The first-order valence-electron chi connectivity index (χ1n) is 9.99. The average molecular weight is 420 g/mol. The molecule has 1 aliphatic carbocycles. The summed E-state index contributed by atoms with van der Waals surface area (Å²) in [4.78, 5) is 21.5. The first-order chi connectivity index (χ1) is 13.7. The summed E-state index contributed by atoms with van der Waals surface area (Å²) < 4.78 is 13.1. The predicted molar refractivity (Wildman–Crippen MR) is 114 cm³/mol. The Hall–Kier alpha value is -1.44. The highest BCUT2D eigenvalue weighted by atomic mass is 32.2. The van der Waals surface area contributed by atoms with Gasteiger partial charge in [-0.05, 0) is 37.1 Å². The average Bonchev–Trinajstić information content (AvgIpc) is 3.39. The third-order valence-corrected chi connectivity index (χ3v) is 7.71. The molecule has 7 heteroatoms. The fraction of sp³-hybridized carbons (Fsp3) is 0.524. The monoisotopic (exact) mass is 419 g/mol. The van der Waals surface area contributed by atoms with E-state index in [4.69, 9.17) is 4.98 Å². The summed E-state index contributed by atoms with van der Waals surface area (Å²) in [7, 11) is 0. The molecule has 0 N–H and O–H groups in total. The van der Waals surface area contributed by atoms with E-state index >= 15 is 0 Å². The molecule has 1 saturated carbocycles. The maximum Gasteiger partial charge on any atom is 0.232 e. The Morgan fingerprint density at radius 3 is 2.57 bits per heavy atom. The molecule has 0 atom stereocenters. The minimum Gasteiger partial charge on any atom is -0.339 e. The summed E-state index contributed by atoms with van der Waals surface area (Å²) in [5.74, 6) is 0.704. The van der Waals surface area contributed by atoms with Crippen LogP contribution in [-0.2, 0) is 11.3 Å². The van der Waals surface area contributed by atoms with Crippen LogP contribution in [0.4, 0.5) is 4.39 Å². The first kappa shape index (κ1) is 19.9. The Balaban J connectivity index is 1.23. The lowest BCUT2D eigenvalue weighted by atomic mass is 10.2. The number of hydrogen-bond donors (Lipinski definition) is 0. The summed E-state index contributed by atoms with van der Waals surface area (Å²) in [5, 5.41) is 3.80. The number of nitrogens with zero attached hydrogens (tertiary/aromatic N) is 3. The molecule has 2 heterocycles. The molecule has 1 aromatic carbocycles. The zero-order valence-electron chi connectivity index (χ0n) is 16.0. The molecular weight excluding hydrogens is 393 g/mol. The number of aromatic nitrogens is 1. The van der Waals surface area contributed by atoms with Crippen LogP contribution in [0.3, 0.4) is 0 Å². The summed E-state index contributed by atoms with van der Waals surface area (Å²) in [5.41, 5.74) is 1.84. The van der Waals surface area contributed by atoms with Gasteiger partial charge in [0.1, 0.15) is 10.8 Å². The van der Waals surface area contributed by atoms with Gasteiger partial charge in [0.15, 0.2) is 0 Å². The molecule has 1 saturated heterocycles. The molecule has 150 valence electrons. The fourth-order valence-corrected chi connectivity index (χ4v) is 5.89. The van der Waals surface area contributed by atoms with Crippen molar-refractivity contribution in [1.29, 1.82) is 0 Å². The second-order valence-corrected chi connectivity index (χ2v) is 9.74. The first-order valence-corrected chi connectivity index (χ1v) is 11.9. The molecule has 0 unspecified atom stereocenters. The van der Waals surface area contributed by atoms with Crippen LogP contribution in [0.2, 0.25) is 0 Å². The normalized spacial score (nSPS) is 18.7. The van der Waals surface area contributed by atoms with E-state index in [0.717, 1.165) is 49.0 Å². The van der Waals surface area contributed by atoms with Crippen LogP contribution >= 0.6 is 23.1 Å². The van der Waals surface area contributed by atoms with Gasteiger partial charge in [-0.1, -0.05) is 12.8 Å². The van der Waals surface area contributed by atoms with E-state index in [1.165, 1.54) is 37.8 Å². The van der Waals surface area contributed by atoms with Crippen LogP contribution in [0.25, 0.3) is 11.3 Å². The van der Waals surface area contributed by atoms with Gasteiger partial charge >= 0.3 is 0 Å². The lowest BCUT2D eigenvalue weighted by Gasteiger charge is -2.34. The van der Waals surface area contributed by atoms with Crippen molar-refractivity contribution in [2.24, 2.45) is 0 Å². The smallest absolute Gasteiger partial charge is 0.232 e. The van der Waals surface area contributed by atoms with Gasteiger partial charge < -0.3 is 4.90 Å². The molecule has 1 aromatic heterocycles. The minimum atomic E-state index is -0.228. The molecule has 1 aliphatic heterocycles. The van der Waals surface area contributed by atoms with Gasteiger partial charge in [0.05, 0.1) is 18.0 Å². The minimum absolute atomic E-state index is 0.228. The van der Waals surface area contributed by atoms with Gasteiger partial charge in [-0.15, -0.1) is 23.1 Å². The summed E-state index contributed by atoms with van der Waals surface area (Å²) in [6.07, 6.45) is 5.20. The van der Waals surface area contributed by atoms with E-state index in [-0.39, 0.29) is 5.82 Å². The van der Waals surface area contributed by atoms with E-state index in [1.807, 2.05) is 22.0 Å². The van der Waals surface area contributed by atoms with E-state index in [2.05, 4.69) is 4.90 Å². The van der Waals surface area contributed by atoms with E-state index in [0.29, 0.717) is 16.9 Å². The van der Waals surface area contributed by atoms with Gasteiger partial charge in [-0.25, -0.2) is 9.37 Å². The molecule has 4 nitrogen and oxygen atoms in total. The second-order valence-electron chi connectivity index (χ2n) is 7.51. The SMILES string of the molecule is O=C(CSC1CCCC1)N1CCN(Cc2nc(-c3ccc(F)cc3)cs2)CC1. The Morgan fingerprint density at radius 2 is 1.86 bits per heavy atom. The van der Waals surface area contributed by atoms with Gasteiger partial charge in [-0.2, -0.15) is 0 Å². The van der Waals surface area contributed by atoms with E-state index in [1.54, 1.807) is 23.5 Å². The molecule has 2 aromatic rings. The topological polar surface area (TPSA) is 36.4 Å². The summed E-state index contributed by atoms with van der Waals surface area (Å²) in [6, 6.07) is 6.47. The number of thioether (sulfide) groups is 1. The molecule has 0 bridgehead atoms. The third kappa shape index (κ3) is 5.13. The van der Waals surface area contributed by atoms with Crippen molar-refractivity contribution in [2.45, 2.75) is 37.5 Å². The number of hydrogen-bond acceptors (Lipinski definition) is 5. The molecule has 2 fully saturated rings. The van der Waals surface area contributed by atoms with Crippen molar-refractivity contribution < 1.29 is 9.18 Å². The highest BCUT2D eigenvalue weighted by Crippen LogP contribution is 2.29. The molecule has 4 rings (SSSR count). The Labute approximate surface area is 174 Å². The van der Waals surface area contributed by atoms with Crippen LogP contribution < -0.4 is 0 Å². The lowest BCUT2D eigenvalue weighted by Crippen LogP contribution is -2.48. The number of piperazine rings is 1. The Morgan fingerprint density at radius 1 is 1.14 bits per heavy atom. The van der Waals surface area contributed by atoms with Gasteiger partial charge in [0.25, 0.3) is 0 Å². The quantitative estimate of drug-likeness (QED) is 0.701. The zero-order chi connectivity index (χ0) is 19.3. The van der Waals surface area contributed by atoms with Crippen LogP contribution in [0.15, 0.2) is 29.6 Å². The van der Waals surface area contributed by atoms with Crippen molar-refractivity contribution >= 4 is 29.0 Å². The number of thiazole rings is 1. The number of rotatable bonds is 6. The highest BCUT2D eigenvalue weighted by molar-refractivity contribution is 8.00. The summed E-state index contributed by atoms with van der Waals surface area (Å²) >= 11 is 3.50. The van der Waals surface area contributed by atoms with Crippen LogP contribution in [0.1, 0.15) is 30.7 Å². The molecule has 28 heavy (non-hydrogen) atoms. The number of amides is 1. The molecule has 1 amide bonds. The predicted octanol–water partition coefficient (Wildman–Crippen LogP) is 4.27. The van der Waals surface area contributed by atoms with Crippen LogP contribution in [0.5, 0.6) is 0 Å². The zero-order valence-corrected chi connectivity index (χ0v) is 17.6. The number of carbonyl (C=O) groups is 1. The molecular formula is C21H26FN3OS2. The van der Waals surface area contributed by atoms with Crippen molar-refractivity contribution in [3.05, 3.63) is 40.5 Å². The van der Waals surface area contributed by atoms with E-state index < -0.39 is 0 Å². The Kier molecular flexibility index (Phi) is 6.65. The molecule has 0 spiro atoms. The largest absolute Gasteiger partial charge is 0.339 e. The maximum absolute atomic E-state index is 13.1. The number of halogens is 1. The lowest BCUT2D eigenvalue weighted by molar-refractivity contribution is -0.130. The Bertz CT molecular complexity index is 781. The van der Waals surface area contributed by atoms with Crippen molar-refractivity contribution in [3.8, 4) is 11.3 Å². The van der Waals surface area contributed by atoms with Crippen molar-refractivity contribution in [2.75, 3.05) is 31.9 Å². The van der Waals surface area contributed by atoms with Crippen molar-refractivity contribution in [1.82, 2.24) is 14.8 Å². The van der Waals surface area contributed by atoms with Gasteiger partial charge in [-0.3, -0.25) is 9.69 Å². The van der Waals surface area contributed by atoms with Gasteiger partial charge in [0.2, 0.25) is 5.91 Å². The maximum atomic E-state index is 13.1. The van der Waals surface area contributed by atoms with Crippen LogP contribution in [0, 0.1) is 5.82 Å². The second kappa shape index (κ2) is 9.37. The fourth-order valence-electron chi connectivity index (χ4n) is 3.82. The van der Waals surface area contributed by atoms with Crippen LogP contribution in [-0.4, -0.2) is 57.9 Å². The molecule has 2 aliphatic rings. The van der Waals surface area contributed by atoms with E-state index in [9.17, 15) is 9.18 Å². The summed E-state index contributed by atoms with van der Waals surface area (Å²) in [6.45, 7) is 4.21. The molecule has 0 radical (unpaired) electrons. The standard InChI is InChI=1S/C21H26FN3OS2/c22-17-7-5-16(6-8-17)19-14-28-20(23-19)13-24-9-11-25(12-10-24)21(26)15-27-18-3-1-2-4-18/h5-8,14,18H,1-4,9-13,15H2. The number of benzene rings is 1. The highest BCUT2D eigenvalue weighted by Gasteiger charge is 2.23. The van der Waals surface area contributed by atoms with Gasteiger partial charge in [0, 0.05) is 42.4 Å². The number of carbonyl (C=O) groups excluding carboxylic acids is 1. The third-order valence-electron chi connectivity index (χ3n) is 5.52.